The van der Waals surface area contributed by atoms with Crippen LogP contribution in [0.15, 0.2) is 0 Å². The van der Waals surface area contributed by atoms with Gasteiger partial charge < -0.3 is 4.74 Å². The van der Waals surface area contributed by atoms with Gasteiger partial charge in [-0.15, -0.1) is 0 Å². The van der Waals surface area contributed by atoms with Gasteiger partial charge in [-0.3, -0.25) is 10.2 Å². The van der Waals surface area contributed by atoms with Crippen molar-refractivity contribution in [3.8, 4) is 6.07 Å². The van der Waals surface area contributed by atoms with E-state index in [4.69, 9.17) is 4.74 Å². The number of nitriles is 1. The van der Waals surface area contributed by atoms with Gasteiger partial charge in [0.05, 0.1) is 12.7 Å². The molecule has 0 aliphatic heterocycles. The Bertz CT molecular complexity index is 286. The summed E-state index contributed by atoms with van der Waals surface area (Å²) in [6.07, 6.45) is 5.71. The van der Waals surface area contributed by atoms with E-state index in [0.717, 1.165) is 51.5 Å². The number of hydrogen-bond donors (Lipinski definition) is 1. The van der Waals surface area contributed by atoms with E-state index in [1.807, 2.05) is 6.92 Å². The predicted molar refractivity (Wildman–Crippen MR) is 78.0 cm³/mol. The van der Waals surface area contributed by atoms with Crippen molar-refractivity contribution in [2.75, 3.05) is 33.4 Å². The molecule has 1 aliphatic rings. The average molecular weight is 267 g/mol. The van der Waals surface area contributed by atoms with Crippen molar-refractivity contribution in [2.45, 2.75) is 57.5 Å². The highest BCUT2D eigenvalue weighted by Crippen LogP contribution is 2.27. The van der Waals surface area contributed by atoms with Gasteiger partial charge in [-0.2, -0.15) is 5.26 Å². The third-order valence-corrected chi connectivity index (χ3v) is 3.78. The molecule has 0 radical (unpaired) electrons. The lowest BCUT2D eigenvalue weighted by atomic mass is 9.97. The summed E-state index contributed by atoms with van der Waals surface area (Å²) < 4.78 is 5.17. The lowest BCUT2D eigenvalue weighted by Gasteiger charge is -2.26. The van der Waals surface area contributed by atoms with Crippen LogP contribution in [-0.2, 0) is 4.74 Å². The predicted octanol–water partition coefficient (Wildman–Crippen LogP) is 2.16. The monoisotopic (exact) mass is 267 g/mol. The summed E-state index contributed by atoms with van der Waals surface area (Å²) in [6.45, 7) is 7.97. The second kappa shape index (κ2) is 8.52. The Hall–Kier alpha value is -0.630. The Labute approximate surface area is 118 Å². The van der Waals surface area contributed by atoms with E-state index in [1.165, 1.54) is 12.8 Å². The van der Waals surface area contributed by atoms with Crippen LogP contribution >= 0.6 is 0 Å². The first-order valence-corrected chi connectivity index (χ1v) is 7.54. The number of nitrogens with one attached hydrogen (secondary N) is 1. The van der Waals surface area contributed by atoms with Gasteiger partial charge in [0.25, 0.3) is 0 Å². The van der Waals surface area contributed by atoms with Gasteiger partial charge in [-0.05, 0) is 52.1 Å². The largest absolute Gasteiger partial charge is 0.383 e. The van der Waals surface area contributed by atoms with Crippen LogP contribution in [0.1, 0.15) is 46.0 Å². The maximum absolute atomic E-state index is 9.29. The van der Waals surface area contributed by atoms with Crippen molar-refractivity contribution in [1.29, 1.82) is 5.26 Å². The molecule has 0 bridgehead atoms. The Balaban J connectivity index is 2.27. The first-order valence-electron chi connectivity index (χ1n) is 7.54. The maximum Gasteiger partial charge on any atom is 0.103 e. The Morgan fingerprint density at radius 2 is 2.16 bits per heavy atom. The van der Waals surface area contributed by atoms with Gasteiger partial charge in [-0.1, -0.05) is 6.92 Å². The fourth-order valence-electron chi connectivity index (χ4n) is 2.35. The summed E-state index contributed by atoms with van der Waals surface area (Å²) in [6, 6.07) is 3.19. The van der Waals surface area contributed by atoms with Gasteiger partial charge in [0.15, 0.2) is 0 Å². The molecule has 1 unspecified atom stereocenters. The summed E-state index contributed by atoms with van der Waals surface area (Å²) in [5.41, 5.74) is -0.369. The van der Waals surface area contributed by atoms with Crippen LogP contribution in [0.25, 0.3) is 0 Å². The Kier molecular flexibility index (Phi) is 7.37. The molecule has 1 N–H and O–H groups in total. The zero-order chi connectivity index (χ0) is 14.1. The zero-order valence-electron chi connectivity index (χ0n) is 12.7. The molecule has 0 aromatic rings. The summed E-state index contributed by atoms with van der Waals surface area (Å²) in [5, 5.41) is 12.6. The summed E-state index contributed by atoms with van der Waals surface area (Å²) in [4.78, 5) is 2.51. The number of nitrogens with zero attached hydrogens (tertiary/aromatic N) is 2. The molecule has 110 valence electrons. The quantitative estimate of drug-likeness (QED) is 0.623. The molecule has 0 saturated heterocycles. The molecule has 1 aliphatic carbocycles. The van der Waals surface area contributed by atoms with E-state index >= 15 is 0 Å². The first-order chi connectivity index (χ1) is 9.15. The van der Waals surface area contributed by atoms with E-state index in [-0.39, 0.29) is 5.54 Å². The highest BCUT2D eigenvalue weighted by Gasteiger charge is 2.29. The Morgan fingerprint density at radius 1 is 1.42 bits per heavy atom. The molecule has 1 atom stereocenters. The normalized spacial score (nSPS) is 18.3. The summed E-state index contributed by atoms with van der Waals surface area (Å²) in [7, 11) is 1.76. The minimum absolute atomic E-state index is 0.369. The lowest BCUT2D eigenvalue weighted by molar-refractivity contribution is 0.141. The molecule has 1 rings (SSSR count). The molecule has 1 saturated carbocycles. The number of ether oxygens (including phenoxy) is 1. The molecule has 0 aromatic carbocycles. The third-order valence-electron chi connectivity index (χ3n) is 3.78. The molecular formula is C15H29N3O. The van der Waals surface area contributed by atoms with Crippen LogP contribution in [0.3, 0.4) is 0 Å². The Morgan fingerprint density at radius 3 is 2.68 bits per heavy atom. The fraction of sp³-hybridized carbons (Fsp3) is 0.933. The standard InChI is InChI=1S/C15H29N3O/c1-4-9-17-15(2,13-16)8-5-10-18(11-12-19-3)14-6-7-14/h14,17H,4-12H2,1-3H3. The van der Waals surface area contributed by atoms with E-state index in [2.05, 4.69) is 23.2 Å². The second-order valence-electron chi connectivity index (χ2n) is 5.73. The van der Waals surface area contributed by atoms with Crippen molar-refractivity contribution < 1.29 is 4.74 Å². The zero-order valence-corrected chi connectivity index (χ0v) is 12.7. The second-order valence-corrected chi connectivity index (χ2v) is 5.73. The molecule has 0 heterocycles. The van der Waals surface area contributed by atoms with Gasteiger partial charge in [0.1, 0.15) is 5.54 Å². The van der Waals surface area contributed by atoms with E-state index in [9.17, 15) is 5.26 Å². The highest BCUT2D eigenvalue weighted by atomic mass is 16.5. The van der Waals surface area contributed by atoms with Crippen LogP contribution in [0, 0.1) is 11.3 Å². The first kappa shape index (κ1) is 16.4. The van der Waals surface area contributed by atoms with E-state index in [0.29, 0.717) is 0 Å². The summed E-state index contributed by atoms with van der Waals surface area (Å²) >= 11 is 0. The topological polar surface area (TPSA) is 48.3 Å². The van der Waals surface area contributed by atoms with Crippen LogP contribution in [0.5, 0.6) is 0 Å². The SMILES string of the molecule is CCCNC(C)(C#N)CCCN(CCOC)C1CC1. The molecule has 0 aromatic heterocycles. The van der Waals surface area contributed by atoms with Crippen molar-refractivity contribution >= 4 is 0 Å². The fourth-order valence-corrected chi connectivity index (χ4v) is 2.35. The lowest BCUT2D eigenvalue weighted by Crippen LogP contribution is -2.42. The minimum atomic E-state index is -0.369. The average Bonchev–Trinajstić information content (AvgIpc) is 3.25. The van der Waals surface area contributed by atoms with Crippen LogP contribution < -0.4 is 5.32 Å². The maximum atomic E-state index is 9.29. The van der Waals surface area contributed by atoms with Crippen LogP contribution in [0.4, 0.5) is 0 Å². The minimum Gasteiger partial charge on any atom is -0.383 e. The van der Waals surface area contributed by atoms with Gasteiger partial charge >= 0.3 is 0 Å². The van der Waals surface area contributed by atoms with Crippen molar-refractivity contribution in [3.05, 3.63) is 0 Å². The van der Waals surface area contributed by atoms with Crippen molar-refractivity contribution in [3.63, 3.8) is 0 Å². The molecule has 19 heavy (non-hydrogen) atoms. The van der Waals surface area contributed by atoms with E-state index in [1.54, 1.807) is 7.11 Å². The van der Waals surface area contributed by atoms with Gasteiger partial charge in [0.2, 0.25) is 0 Å². The van der Waals surface area contributed by atoms with Crippen LogP contribution in [-0.4, -0.2) is 49.8 Å². The molecule has 1 fully saturated rings. The molecule has 0 spiro atoms. The van der Waals surface area contributed by atoms with Gasteiger partial charge in [0, 0.05) is 19.7 Å². The smallest absolute Gasteiger partial charge is 0.103 e. The van der Waals surface area contributed by atoms with Crippen molar-refractivity contribution in [1.82, 2.24) is 10.2 Å². The molecular weight excluding hydrogens is 238 g/mol. The number of hydrogen-bond acceptors (Lipinski definition) is 4. The number of rotatable bonds is 11. The molecule has 4 nitrogen and oxygen atoms in total. The molecule has 0 amide bonds. The summed E-state index contributed by atoms with van der Waals surface area (Å²) in [5.74, 6) is 0. The highest BCUT2D eigenvalue weighted by molar-refractivity contribution is 5.03. The van der Waals surface area contributed by atoms with Crippen molar-refractivity contribution in [2.24, 2.45) is 0 Å². The number of methoxy groups -OCH3 is 1. The molecule has 4 heteroatoms. The third kappa shape index (κ3) is 6.38. The van der Waals surface area contributed by atoms with Crippen LogP contribution in [0.2, 0.25) is 0 Å². The van der Waals surface area contributed by atoms with Gasteiger partial charge in [-0.25, -0.2) is 0 Å². The van der Waals surface area contributed by atoms with E-state index < -0.39 is 0 Å².